The van der Waals surface area contributed by atoms with Crippen molar-refractivity contribution in [2.75, 3.05) is 37.3 Å². The molecule has 0 aliphatic heterocycles. The number of anilines is 3. The van der Waals surface area contributed by atoms with Crippen LogP contribution in [-0.2, 0) is 4.79 Å². The first-order valence-corrected chi connectivity index (χ1v) is 11.9. The van der Waals surface area contributed by atoms with Crippen LogP contribution in [-0.4, -0.2) is 80.8 Å². The maximum absolute atomic E-state index is 12.8. The quantitative estimate of drug-likeness (QED) is 0.228. The van der Waals surface area contributed by atoms with E-state index in [4.69, 9.17) is 5.11 Å². The van der Waals surface area contributed by atoms with Crippen LogP contribution in [0.2, 0.25) is 0 Å². The van der Waals surface area contributed by atoms with Crippen molar-refractivity contribution in [2.45, 2.75) is 32.7 Å². The molecule has 13 nitrogen and oxygen atoms in total. The van der Waals surface area contributed by atoms with E-state index in [0.717, 1.165) is 27.9 Å². The summed E-state index contributed by atoms with van der Waals surface area (Å²) in [4.78, 5) is 45.5. The zero-order chi connectivity index (χ0) is 26.8. The molecule has 37 heavy (non-hydrogen) atoms. The molecule has 2 aromatic heterocycles. The SMILES string of the molecule is CCCNc1nc(Nc2ccc3nnccc3c2)ncc1C(=O)NCCCNC(=O)C(C)N(C)C(=O)O. The molecule has 0 aliphatic carbocycles. The van der Waals surface area contributed by atoms with Gasteiger partial charge in [-0.2, -0.15) is 15.2 Å². The van der Waals surface area contributed by atoms with E-state index in [0.29, 0.717) is 36.8 Å². The average Bonchev–Trinajstić information content (AvgIpc) is 2.90. The summed E-state index contributed by atoms with van der Waals surface area (Å²) in [6.45, 7) is 4.72. The summed E-state index contributed by atoms with van der Waals surface area (Å²) in [6, 6.07) is 6.64. The Hall–Kier alpha value is -4.55. The molecular formula is C24H31N9O4. The number of hydrogen-bond donors (Lipinski definition) is 5. The zero-order valence-corrected chi connectivity index (χ0v) is 21.0. The van der Waals surface area contributed by atoms with Crippen molar-refractivity contribution in [1.29, 1.82) is 0 Å². The summed E-state index contributed by atoms with van der Waals surface area (Å²) in [6.07, 6.45) is 3.20. The maximum atomic E-state index is 12.8. The van der Waals surface area contributed by atoms with Gasteiger partial charge in [-0.25, -0.2) is 9.78 Å². The number of likely N-dealkylation sites (N-methyl/N-ethyl adjacent to an activating group) is 1. The lowest BCUT2D eigenvalue weighted by Crippen LogP contribution is -2.45. The molecule has 196 valence electrons. The van der Waals surface area contributed by atoms with Crippen LogP contribution in [0.1, 0.15) is 37.0 Å². The Morgan fingerprint density at radius 2 is 1.89 bits per heavy atom. The van der Waals surface area contributed by atoms with Gasteiger partial charge in [0.2, 0.25) is 11.9 Å². The van der Waals surface area contributed by atoms with E-state index in [2.05, 4.69) is 41.4 Å². The molecule has 0 spiro atoms. The van der Waals surface area contributed by atoms with Crippen molar-refractivity contribution in [3.63, 3.8) is 0 Å². The van der Waals surface area contributed by atoms with E-state index in [9.17, 15) is 14.4 Å². The largest absolute Gasteiger partial charge is 0.465 e. The highest BCUT2D eigenvalue weighted by Gasteiger charge is 2.21. The van der Waals surface area contributed by atoms with E-state index in [1.807, 2.05) is 31.2 Å². The Labute approximate surface area is 214 Å². The lowest BCUT2D eigenvalue weighted by atomic mass is 10.2. The molecule has 3 rings (SSSR count). The Balaban J connectivity index is 1.58. The molecule has 1 atom stereocenters. The monoisotopic (exact) mass is 509 g/mol. The van der Waals surface area contributed by atoms with Crippen molar-refractivity contribution in [2.24, 2.45) is 0 Å². The Morgan fingerprint density at radius 3 is 2.65 bits per heavy atom. The molecular weight excluding hydrogens is 478 g/mol. The van der Waals surface area contributed by atoms with Gasteiger partial charge in [-0.3, -0.25) is 14.5 Å². The van der Waals surface area contributed by atoms with Gasteiger partial charge in [0.1, 0.15) is 17.4 Å². The molecule has 0 bridgehead atoms. The van der Waals surface area contributed by atoms with Crippen LogP contribution in [0.4, 0.5) is 22.2 Å². The highest BCUT2D eigenvalue weighted by molar-refractivity contribution is 5.98. The molecule has 0 saturated heterocycles. The minimum Gasteiger partial charge on any atom is -0.465 e. The number of aromatic nitrogens is 4. The molecule has 0 saturated carbocycles. The first kappa shape index (κ1) is 27.0. The molecule has 0 radical (unpaired) electrons. The van der Waals surface area contributed by atoms with Crippen molar-refractivity contribution >= 4 is 46.3 Å². The molecule has 13 heteroatoms. The minimum atomic E-state index is -1.18. The van der Waals surface area contributed by atoms with Gasteiger partial charge in [0.05, 0.1) is 11.7 Å². The van der Waals surface area contributed by atoms with Gasteiger partial charge in [-0.1, -0.05) is 6.92 Å². The van der Waals surface area contributed by atoms with Crippen LogP contribution in [0.15, 0.2) is 36.7 Å². The van der Waals surface area contributed by atoms with Crippen LogP contribution in [0.25, 0.3) is 10.9 Å². The van der Waals surface area contributed by atoms with Crippen molar-refractivity contribution in [3.05, 3.63) is 42.2 Å². The molecule has 0 aliphatic rings. The van der Waals surface area contributed by atoms with Crippen LogP contribution in [0.5, 0.6) is 0 Å². The van der Waals surface area contributed by atoms with E-state index in [1.165, 1.54) is 20.2 Å². The number of benzene rings is 1. The number of fused-ring (bicyclic) bond motifs is 1. The maximum Gasteiger partial charge on any atom is 0.407 e. The first-order valence-electron chi connectivity index (χ1n) is 11.9. The Kier molecular flexibility index (Phi) is 9.47. The van der Waals surface area contributed by atoms with Crippen LogP contribution in [0, 0.1) is 0 Å². The van der Waals surface area contributed by atoms with Crippen LogP contribution < -0.4 is 21.3 Å². The molecule has 3 amide bonds. The number of carbonyl (C=O) groups excluding carboxylic acids is 2. The third-order valence-corrected chi connectivity index (χ3v) is 5.55. The van der Waals surface area contributed by atoms with Gasteiger partial charge in [-0.05, 0) is 44.0 Å². The standard InChI is InChI=1S/C24H31N9O4/c1-4-9-25-20-18(22(35)27-11-5-10-26-21(34)15(2)33(3)24(36)37)14-28-23(31-20)30-17-6-7-19-16(13-17)8-12-29-32-19/h6-8,12-15H,4-5,9-11H2,1-3H3,(H,26,34)(H,27,35)(H,36,37)(H2,25,28,30,31). The fourth-order valence-corrected chi connectivity index (χ4v) is 3.27. The minimum absolute atomic E-state index is 0.286. The summed E-state index contributed by atoms with van der Waals surface area (Å²) >= 11 is 0. The van der Waals surface area contributed by atoms with Gasteiger partial charge >= 0.3 is 6.09 Å². The predicted molar refractivity (Wildman–Crippen MR) is 139 cm³/mol. The lowest BCUT2D eigenvalue weighted by molar-refractivity contribution is -0.124. The second-order valence-corrected chi connectivity index (χ2v) is 8.28. The summed E-state index contributed by atoms with van der Waals surface area (Å²) in [5.74, 6) is -0.0140. The first-order chi connectivity index (χ1) is 17.8. The normalized spacial score (nSPS) is 11.4. The molecule has 3 aromatic rings. The van der Waals surface area contributed by atoms with Gasteiger partial charge in [0, 0.05) is 44.0 Å². The Morgan fingerprint density at radius 1 is 1.11 bits per heavy atom. The van der Waals surface area contributed by atoms with Crippen LogP contribution in [0.3, 0.4) is 0 Å². The second-order valence-electron chi connectivity index (χ2n) is 8.28. The molecule has 1 unspecified atom stereocenters. The second kappa shape index (κ2) is 13.0. The number of rotatable bonds is 12. The number of nitrogens with zero attached hydrogens (tertiary/aromatic N) is 5. The van der Waals surface area contributed by atoms with Gasteiger partial charge < -0.3 is 26.4 Å². The lowest BCUT2D eigenvalue weighted by Gasteiger charge is -2.20. The zero-order valence-electron chi connectivity index (χ0n) is 21.0. The number of carbonyl (C=O) groups is 3. The number of carboxylic acid groups (broad SMARTS) is 1. The summed E-state index contributed by atoms with van der Waals surface area (Å²) in [5.41, 5.74) is 1.84. The van der Waals surface area contributed by atoms with E-state index in [-0.39, 0.29) is 12.5 Å². The van der Waals surface area contributed by atoms with Crippen LogP contribution >= 0.6 is 0 Å². The topological polar surface area (TPSA) is 174 Å². The number of amides is 3. The molecule has 1 aromatic carbocycles. The summed E-state index contributed by atoms with van der Waals surface area (Å²) in [7, 11) is 1.33. The van der Waals surface area contributed by atoms with Gasteiger partial charge in [-0.15, -0.1) is 0 Å². The van der Waals surface area contributed by atoms with Crippen molar-refractivity contribution < 1.29 is 19.5 Å². The highest BCUT2D eigenvalue weighted by Crippen LogP contribution is 2.21. The van der Waals surface area contributed by atoms with Crippen molar-refractivity contribution in [3.8, 4) is 0 Å². The van der Waals surface area contributed by atoms with E-state index in [1.54, 1.807) is 6.20 Å². The fraction of sp³-hybridized carbons (Fsp3) is 0.375. The van der Waals surface area contributed by atoms with E-state index < -0.39 is 18.0 Å². The molecule has 0 fully saturated rings. The van der Waals surface area contributed by atoms with Crippen molar-refractivity contribution in [1.82, 2.24) is 35.7 Å². The smallest absolute Gasteiger partial charge is 0.407 e. The van der Waals surface area contributed by atoms with Gasteiger partial charge in [0.25, 0.3) is 5.91 Å². The molecule has 5 N–H and O–H groups in total. The van der Waals surface area contributed by atoms with Gasteiger partial charge in [0.15, 0.2) is 0 Å². The fourth-order valence-electron chi connectivity index (χ4n) is 3.27. The summed E-state index contributed by atoms with van der Waals surface area (Å²) in [5, 5.41) is 29.6. The number of hydrogen-bond acceptors (Lipinski definition) is 9. The third kappa shape index (κ3) is 7.46. The third-order valence-electron chi connectivity index (χ3n) is 5.55. The average molecular weight is 510 g/mol. The Bertz CT molecular complexity index is 1250. The highest BCUT2D eigenvalue weighted by atomic mass is 16.4. The summed E-state index contributed by atoms with van der Waals surface area (Å²) < 4.78 is 0. The predicted octanol–water partition coefficient (Wildman–Crippen LogP) is 2.22. The number of nitrogens with one attached hydrogen (secondary N) is 4. The van der Waals surface area contributed by atoms with E-state index >= 15 is 0 Å². The molecule has 2 heterocycles.